The lowest BCUT2D eigenvalue weighted by Gasteiger charge is -1.96. The molecule has 0 saturated heterocycles. The lowest BCUT2D eigenvalue weighted by atomic mass is 10.2. The molecule has 20 heavy (non-hydrogen) atoms. The SMILES string of the molecule is COSc1ccc(C)cc1.Cc1ccc2[nH]ccc2c1. The minimum absolute atomic E-state index is 1.15. The zero-order valence-electron chi connectivity index (χ0n) is 12.0. The predicted octanol–water partition coefficient (Wildman–Crippen LogP) is 5.12. The average molecular weight is 285 g/mol. The second kappa shape index (κ2) is 7.17. The molecule has 0 aliphatic rings. The molecule has 0 fully saturated rings. The monoisotopic (exact) mass is 285 g/mol. The van der Waals surface area contributed by atoms with E-state index in [1.54, 1.807) is 7.11 Å². The van der Waals surface area contributed by atoms with Crippen molar-refractivity contribution in [3.63, 3.8) is 0 Å². The van der Waals surface area contributed by atoms with Gasteiger partial charge in [-0.15, -0.1) is 0 Å². The Morgan fingerprint density at radius 1 is 0.900 bits per heavy atom. The minimum atomic E-state index is 1.15. The Morgan fingerprint density at radius 3 is 2.30 bits per heavy atom. The molecule has 0 aliphatic carbocycles. The van der Waals surface area contributed by atoms with E-state index in [2.05, 4.69) is 55.2 Å². The second-order valence-electron chi connectivity index (χ2n) is 4.63. The van der Waals surface area contributed by atoms with Crippen LogP contribution in [0.25, 0.3) is 10.9 Å². The third kappa shape index (κ3) is 4.15. The summed E-state index contributed by atoms with van der Waals surface area (Å²) in [5.41, 5.74) is 3.80. The van der Waals surface area contributed by atoms with E-state index in [-0.39, 0.29) is 0 Å². The Morgan fingerprint density at radius 2 is 1.60 bits per heavy atom. The summed E-state index contributed by atoms with van der Waals surface area (Å²) in [5.74, 6) is 0. The van der Waals surface area contributed by atoms with Gasteiger partial charge >= 0.3 is 0 Å². The molecule has 0 radical (unpaired) electrons. The Bertz CT molecular complexity index is 658. The standard InChI is InChI=1S/C9H9N.C8H10OS/c1-7-2-3-9-8(6-7)4-5-10-9;1-7-3-5-8(6-4-7)10-9-2/h2-6,10H,1H3;3-6H,1-2H3. The lowest BCUT2D eigenvalue weighted by molar-refractivity contribution is 0.490. The normalized spacial score (nSPS) is 10.2. The number of benzene rings is 2. The van der Waals surface area contributed by atoms with Crippen LogP contribution < -0.4 is 0 Å². The Kier molecular flexibility index (Phi) is 5.27. The van der Waals surface area contributed by atoms with E-state index in [1.807, 2.05) is 18.3 Å². The van der Waals surface area contributed by atoms with Crippen molar-refractivity contribution in [2.45, 2.75) is 18.7 Å². The van der Waals surface area contributed by atoms with E-state index < -0.39 is 0 Å². The van der Waals surface area contributed by atoms with Gasteiger partial charge in [-0.3, -0.25) is 0 Å². The van der Waals surface area contributed by atoms with Gasteiger partial charge in [-0.1, -0.05) is 29.3 Å². The van der Waals surface area contributed by atoms with Crippen molar-refractivity contribution in [1.29, 1.82) is 0 Å². The zero-order valence-corrected chi connectivity index (χ0v) is 12.8. The van der Waals surface area contributed by atoms with E-state index in [1.165, 1.54) is 34.1 Å². The first-order valence-corrected chi connectivity index (χ1v) is 7.24. The summed E-state index contributed by atoms with van der Waals surface area (Å²) in [6.07, 6.45) is 1.96. The summed E-state index contributed by atoms with van der Waals surface area (Å²) in [5, 5.41) is 1.29. The van der Waals surface area contributed by atoms with Crippen molar-refractivity contribution in [2.75, 3.05) is 7.11 Å². The van der Waals surface area contributed by atoms with Gasteiger partial charge in [0.05, 0.1) is 7.11 Å². The largest absolute Gasteiger partial charge is 0.361 e. The molecule has 1 N–H and O–H groups in total. The molecular formula is C17H19NOS. The van der Waals surface area contributed by atoms with Gasteiger partial charge in [-0.25, -0.2) is 0 Å². The van der Waals surface area contributed by atoms with Gasteiger partial charge in [0, 0.05) is 28.7 Å². The molecule has 0 unspecified atom stereocenters. The van der Waals surface area contributed by atoms with Crippen molar-refractivity contribution < 1.29 is 4.18 Å². The maximum absolute atomic E-state index is 4.88. The van der Waals surface area contributed by atoms with Crippen LogP contribution in [-0.4, -0.2) is 12.1 Å². The fourth-order valence-electron chi connectivity index (χ4n) is 1.86. The van der Waals surface area contributed by atoms with Crippen LogP contribution in [-0.2, 0) is 4.18 Å². The Labute approximate surface area is 124 Å². The number of aromatic amines is 1. The maximum Gasteiger partial charge on any atom is 0.0508 e. The molecule has 2 aromatic carbocycles. The van der Waals surface area contributed by atoms with Crippen molar-refractivity contribution in [1.82, 2.24) is 4.98 Å². The van der Waals surface area contributed by atoms with Crippen LogP contribution in [0.5, 0.6) is 0 Å². The van der Waals surface area contributed by atoms with Crippen molar-refractivity contribution in [3.05, 3.63) is 65.9 Å². The van der Waals surface area contributed by atoms with Crippen molar-refractivity contribution in [2.24, 2.45) is 0 Å². The van der Waals surface area contributed by atoms with Gasteiger partial charge in [0.1, 0.15) is 0 Å². The highest BCUT2D eigenvalue weighted by Crippen LogP contribution is 2.17. The average Bonchev–Trinajstić information content (AvgIpc) is 2.90. The molecule has 3 heteroatoms. The van der Waals surface area contributed by atoms with Gasteiger partial charge < -0.3 is 9.17 Å². The Hall–Kier alpha value is -1.71. The highest BCUT2D eigenvalue weighted by atomic mass is 32.2. The first kappa shape index (κ1) is 14.7. The van der Waals surface area contributed by atoms with Crippen LogP contribution in [0.2, 0.25) is 0 Å². The Balaban J connectivity index is 0.000000147. The molecule has 3 rings (SSSR count). The number of fused-ring (bicyclic) bond motifs is 1. The van der Waals surface area contributed by atoms with E-state index in [4.69, 9.17) is 4.18 Å². The molecule has 0 amide bonds. The maximum atomic E-state index is 4.88. The van der Waals surface area contributed by atoms with Crippen LogP contribution in [0, 0.1) is 13.8 Å². The number of nitrogens with one attached hydrogen (secondary N) is 1. The first-order chi connectivity index (χ1) is 9.69. The fourth-order valence-corrected chi connectivity index (χ4v) is 2.30. The number of hydrogen-bond acceptors (Lipinski definition) is 2. The molecular weight excluding hydrogens is 266 g/mol. The van der Waals surface area contributed by atoms with Crippen LogP contribution >= 0.6 is 12.0 Å². The molecule has 2 nitrogen and oxygen atoms in total. The first-order valence-electron chi connectivity index (χ1n) is 6.50. The molecule has 0 spiro atoms. The third-order valence-corrected chi connectivity index (χ3v) is 3.54. The van der Waals surface area contributed by atoms with Gasteiger partial charge in [-0.05, 0) is 49.6 Å². The van der Waals surface area contributed by atoms with Gasteiger partial charge in [0.25, 0.3) is 0 Å². The zero-order chi connectivity index (χ0) is 14.4. The smallest absolute Gasteiger partial charge is 0.0508 e. The number of aryl methyl sites for hydroxylation is 2. The molecule has 0 saturated carbocycles. The molecule has 104 valence electrons. The van der Waals surface area contributed by atoms with E-state index in [0.717, 1.165) is 4.90 Å². The second-order valence-corrected chi connectivity index (χ2v) is 5.60. The molecule has 3 aromatic rings. The summed E-state index contributed by atoms with van der Waals surface area (Å²) >= 11 is 1.38. The summed E-state index contributed by atoms with van der Waals surface area (Å²) < 4.78 is 4.88. The van der Waals surface area contributed by atoms with Crippen LogP contribution in [0.3, 0.4) is 0 Å². The number of rotatable bonds is 2. The number of hydrogen-bond donors (Lipinski definition) is 1. The highest BCUT2D eigenvalue weighted by Gasteiger charge is 1.91. The van der Waals surface area contributed by atoms with E-state index in [0.29, 0.717) is 0 Å². The summed E-state index contributed by atoms with van der Waals surface area (Å²) in [6, 6.07) is 16.7. The molecule has 1 aromatic heterocycles. The third-order valence-electron chi connectivity index (χ3n) is 2.91. The highest BCUT2D eigenvalue weighted by molar-refractivity contribution is 7.94. The molecule has 0 aliphatic heterocycles. The van der Waals surface area contributed by atoms with Crippen molar-refractivity contribution >= 4 is 22.9 Å². The van der Waals surface area contributed by atoms with Crippen molar-refractivity contribution in [3.8, 4) is 0 Å². The van der Waals surface area contributed by atoms with Gasteiger partial charge in [0.2, 0.25) is 0 Å². The van der Waals surface area contributed by atoms with Gasteiger partial charge in [-0.2, -0.15) is 0 Å². The summed E-state index contributed by atoms with van der Waals surface area (Å²) in [7, 11) is 1.67. The fraction of sp³-hybridized carbons (Fsp3) is 0.176. The number of aromatic nitrogens is 1. The summed E-state index contributed by atoms with van der Waals surface area (Å²) in [4.78, 5) is 4.29. The quantitative estimate of drug-likeness (QED) is 0.661. The lowest BCUT2D eigenvalue weighted by Crippen LogP contribution is -1.73. The van der Waals surface area contributed by atoms with E-state index >= 15 is 0 Å². The topological polar surface area (TPSA) is 25.0 Å². The molecule has 0 atom stereocenters. The molecule has 0 bridgehead atoms. The molecule has 1 heterocycles. The number of H-pyrrole nitrogens is 1. The van der Waals surface area contributed by atoms with Crippen LogP contribution in [0.1, 0.15) is 11.1 Å². The predicted molar refractivity (Wildman–Crippen MR) is 87.1 cm³/mol. The summed E-state index contributed by atoms with van der Waals surface area (Å²) in [6.45, 7) is 4.17. The van der Waals surface area contributed by atoms with Crippen LogP contribution in [0.4, 0.5) is 0 Å². The van der Waals surface area contributed by atoms with Gasteiger partial charge in [0.15, 0.2) is 0 Å². The van der Waals surface area contributed by atoms with E-state index in [9.17, 15) is 0 Å². The van der Waals surface area contributed by atoms with Crippen LogP contribution in [0.15, 0.2) is 59.6 Å². The minimum Gasteiger partial charge on any atom is -0.361 e.